The van der Waals surface area contributed by atoms with Gasteiger partial charge in [0.25, 0.3) is 0 Å². The predicted octanol–water partition coefficient (Wildman–Crippen LogP) is 1.51. The summed E-state index contributed by atoms with van der Waals surface area (Å²) < 4.78 is 4.62. The third kappa shape index (κ3) is 4.97. The lowest BCUT2D eigenvalue weighted by Crippen LogP contribution is -2.55. The van der Waals surface area contributed by atoms with Gasteiger partial charge in [0, 0.05) is 19.3 Å². The van der Waals surface area contributed by atoms with E-state index in [1.165, 1.54) is 7.11 Å². The van der Waals surface area contributed by atoms with Crippen molar-refractivity contribution in [1.29, 1.82) is 0 Å². The molecule has 23 heavy (non-hydrogen) atoms. The molecule has 0 aromatic carbocycles. The van der Waals surface area contributed by atoms with Crippen LogP contribution in [0.1, 0.15) is 33.6 Å². The van der Waals surface area contributed by atoms with Crippen LogP contribution in [-0.4, -0.2) is 55.5 Å². The summed E-state index contributed by atoms with van der Waals surface area (Å²) in [5.74, 6) is 0.570. The summed E-state index contributed by atoms with van der Waals surface area (Å²) in [4.78, 5) is 30.5. The molecule has 7 nitrogen and oxygen atoms in total. The molecule has 2 N–H and O–H groups in total. The molecule has 0 aromatic rings. The summed E-state index contributed by atoms with van der Waals surface area (Å²) in [5, 5.41) is 5.76. The quantitative estimate of drug-likeness (QED) is 0.593. The zero-order valence-electron chi connectivity index (χ0n) is 14.7. The highest BCUT2D eigenvalue weighted by Gasteiger charge is 2.37. The lowest BCUT2D eigenvalue weighted by atomic mass is 10.0. The molecular weight excluding hydrogens is 296 g/mol. The summed E-state index contributed by atoms with van der Waals surface area (Å²) in [7, 11) is 2.98. The second kappa shape index (κ2) is 8.55. The van der Waals surface area contributed by atoms with Gasteiger partial charge in [-0.05, 0) is 25.7 Å². The van der Waals surface area contributed by atoms with E-state index in [-0.39, 0.29) is 17.9 Å². The van der Waals surface area contributed by atoms with Crippen LogP contribution < -0.4 is 10.6 Å². The van der Waals surface area contributed by atoms with Crippen molar-refractivity contribution in [3.63, 3.8) is 0 Å². The molecule has 0 radical (unpaired) electrons. The van der Waals surface area contributed by atoms with Crippen molar-refractivity contribution in [2.24, 2.45) is 10.9 Å². The van der Waals surface area contributed by atoms with Crippen molar-refractivity contribution >= 4 is 17.8 Å². The lowest BCUT2D eigenvalue weighted by Gasteiger charge is -2.31. The number of nitrogens with zero attached hydrogens (tertiary/aromatic N) is 2. The molecular formula is C16H28N4O3. The monoisotopic (exact) mass is 324 g/mol. The molecule has 1 rings (SSSR count). The van der Waals surface area contributed by atoms with Crippen LogP contribution in [0.3, 0.4) is 0 Å². The number of hydrogen-bond donors (Lipinski definition) is 2. The maximum Gasteiger partial charge on any atom is 0.407 e. The van der Waals surface area contributed by atoms with Gasteiger partial charge in [0.2, 0.25) is 5.91 Å². The number of ether oxygens (including phenoxy) is 1. The zero-order valence-corrected chi connectivity index (χ0v) is 14.7. The van der Waals surface area contributed by atoms with Gasteiger partial charge in [0.15, 0.2) is 0 Å². The minimum atomic E-state index is -0.619. The van der Waals surface area contributed by atoms with Gasteiger partial charge in [-0.3, -0.25) is 9.79 Å². The van der Waals surface area contributed by atoms with E-state index in [1.807, 2.05) is 20.8 Å². The number of carbonyl (C=O) groups is 2. The van der Waals surface area contributed by atoms with Crippen LogP contribution in [0.25, 0.3) is 0 Å². The Kier molecular flexibility index (Phi) is 7.06. The first-order valence-electron chi connectivity index (χ1n) is 7.86. The van der Waals surface area contributed by atoms with Crippen LogP contribution in [-0.2, 0) is 9.53 Å². The molecule has 2 unspecified atom stereocenters. The second-order valence-electron chi connectivity index (χ2n) is 6.06. The summed E-state index contributed by atoms with van der Waals surface area (Å²) in [6.07, 6.45) is 1.13. The average molecular weight is 324 g/mol. The van der Waals surface area contributed by atoms with Gasteiger partial charge in [0.1, 0.15) is 11.9 Å². The van der Waals surface area contributed by atoms with Crippen LogP contribution in [0.4, 0.5) is 4.79 Å². The van der Waals surface area contributed by atoms with Crippen molar-refractivity contribution in [2.45, 2.75) is 45.7 Å². The molecule has 0 saturated carbocycles. The first-order chi connectivity index (χ1) is 10.8. The number of alkyl carbamates (subject to hydrolysis) is 1. The Balaban J connectivity index is 2.94. The number of likely N-dealkylation sites (tertiary alicyclic amines) is 1. The molecule has 0 aliphatic carbocycles. The van der Waals surface area contributed by atoms with Crippen molar-refractivity contribution in [2.75, 3.05) is 20.7 Å². The van der Waals surface area contributed by atoms with Crippen LogP contribution in [0, 0.1) is 5.92 Å². The molecule has 1 aliphatic rings. The molecule has 0 aromatic heterocycles. The highest BCUT2D eigenvalue weighted by atomic mass is 16.5. The standard InChI is InChI=1S/C16H28N4O3/c1-10(2)13(19-16(22)23-6)15(21)20-9-7-8-12(20)14(17-5)18-11(3)4/h10,12-13H,3,7-9H2,1-2,4-6H3,(H,17,18)(H,19,22). The van der Waals surface area contributed by atoms with Gasteiger partial charge >= 0.3 is 6.09 Å². The Morgan fingerprint density at radius 3 is 2.52 bits per heavy atom. The smallest absolute Gasteiger partial charge is 0.407 e. The summed E-state index contributed by atoms with van der Waals surface area (Å²) in [6, 6.07) is -0.740. The molecule has 130 valence electrons. The number of rotatable bonds is 5. The normalized spacial score (nSPS) is 19.5. The van der Waals surface area contributed by atoms with Crippen molar-refractivity contribution in [1.82, 2.24) is 15.5 Å². The van der Waals surface area contributed by atoms with E-state index in [4.69, 9.17) is 0 Å². The highest BCUT2D eigenvalue weighted by molar-refractivity contribution is 5.95. The third-order valence-electron chi connectivity index (χ3n) is 3.83. The number of amides is 2. The largest absolute Gasteiger partial charge is 0.453 e. The molecule has 7 heteroatoms. The average Bonchev–Trinajstić information content (AvgIpc) is 2.98. The summed E-state index contributed by atoms with van der Waals surface area (Å²) in [5.41, 5.74) is 0.776. The molecule has 1 heterocycles. The second-order valence-corrected chi connectivity index (χ2v) is 6.06. The van der Waals surface area contributed by atoms with E-state index in [0.29, 0.717) is 6.54 Å². The van der Waals surface area contributed by atoms with Crippen LogP contribution in [0.5, 0.6) is 0 Å². The Morgan fingerprint density at radius 2 is 2.04 bits per heavy atom. The predicted molar refractivity (Wildman–Crippen MR) is 90.2 cm³/mol. The molecule has 0 spiro atoms. The summed E-state index contributed by atoms with van der Waals surface area (Å²) >= 11 is 0. The van der Waals surface area contributed by atoms with E-state index >= 15 is 0 Å². The molecule has 1 saturated heterocycles. The highest BCUT2D eigenvalue weighted by Crippen LogP contribution is 2.21. The van der Waals surface area contributed by atoms with E-state index < -0.39 is 12.1 Å². The molecule has 0 bridgehead atoms. The van der Waals surface area contributed by atoms with Crippen LogP contribution in [0.2, 0.25) is 0 Å². The SMILES string of the molecule is C=C(C)NC(=NC)C1CCCN1C(=O)C(NC(=O)OC)C(C)C. The van der Waals surface area contributed by atoms with E-state index in [9.17, 15) is 9.59 Å². The lowest BCUT2D eigenvalue weighted by molar-refractivity contribution is -0.134. The van der Waals surface area contributed by atoms with Gasteiger partial charge in [0.05, 0.1) is 13.2 Å². The molecule has 1 aliphatic heterocycles. The van der Waals surface area contributed by atoms with Gasteiger partial charge in [-0.2, -0.15) is 0 Å². The van der Waals surface area contributed by atoms with Crippen molar-refractivity contribution in [3.05, 3.63) is 12.3 Å². The summed E-state index contributed by atoms with van der Waals surface area (Å²) in [6.45, 7) is 10.1. The maximum absolute atomic E-state index is 12.9. The van der Waals surface area contributed by atoms with E-state index in [2.05, 4.69) is 26.9 Å². The molecule has 2 atom stereocenters. The first-order valence-corrected chi connectivity index (χ1v) is 7.86. The fourth-order valence-corrected chi connectivity index (χ4v) is 2.70. The number of nitrogens with one attached hydrogen (secondary N) is 2. The topological polar surface area (TPSA) is 83.0 Å². The van der Waals surface area contributed by atoms with Crippen LogP contribution >= 0.6 is 0 Å². The Labute approximate surface area is 138 Å². The Hall–Kier alpha value is -2.05. The number of aliphatic imine (C=N–C) groups is 1. The maximum atomic E-state index is 12.9. The van der Waals surface area contributed by atoms with Gasteiger partial charge in [-0.15, -0.1) is 0 Å². The minimum absolute atomic E-state index is 0.0426. The van der Waals surface area contributed by atoms with E-state index in [0.717, 1.165) is 24.4 Å². The fourth-order valence-electron chi connectivity index (χ4n) is 2.70. The third-order valence-corrected chi connectivity index (χ3v) is 3.83. The Morgan fingerprint density at radius 1 is 1.39 bits per heavy atom. The zero-order chi connectivity index (χ0) is 17.6. The van der Waals surface area contributed by atoms with Crippen molar-refractivity contribution in [3.8, 4) is 0 Å². The number of hydrogen-bond acceptors (Lipinski definition) is 4. The van der Waals surface area contributed by atoms with E-state index in [1.54, 1.807) is 11.9 Å². The molecule has 2 amide bonds. The fraction of sp³-hybridized carbons (Fsp3) is 0.688. The van der Waals surface area contributed by atoms with Gasteiger partial charge < -0.3 is 20.3 Å². The van der Waals surface area contributed by atoms with Gasteiger partial charge in [-0.1, -0.05) is 20.4 Å². The number of amidine groups is 1. The van der Waals surface area contributed by atoms with Gasteiger partial charge in [-0.25, -0.2) is 4.79 Å². The van der Waals surface area contributed by atoms with Crippen LogP contribution in [0.15, 0.2) is 17.3 Å². The van der Waals surface area contributed by atoms with Crippen molar-refractivity contribution < 1.29 is 14.3 Å². The minimum Gasteiger partial charge on any atom is -0.453 e. The molecule has 1 fully saturated rings. The number of carbonyl (C=O) groups excluding carboxylic acids is 2. The number of methoxy groups -OCH3 is 1. The first kappa shape index (κ1) is 19.0. The number of allylic oxidation sites excluding steroid dienone is 1. The Bertz CT molecular complexity index is 488.